The summed E-state index contributed by atoms with van der Waals surface area (Å²) in [5.74, 6) is 0. The lowest BCUT2D eigenvalue weighted by Gasteiger charge is -2.34. The Balaban J connectivity index is 1.99. The van der Waals surface area contributed by atoms with Crippen molar-refractivity contribution in [3.05, 3.63) is 21.3 Å². The minimum atomic E-state index is -0.609. The molecule has 0 spiro atoms. The SMILES string of the molecule is CCCN1CCOC(C(O)c2sccc2Cl)C1. The number of nitrogens with zero attached hydrogens (tertiary/aromatic N) is 1. The number of morpholine rings is 1. The fraction of sp³-hybridized carbons (Fsp3) is 0.667. The van der Waals surface area contributed by atoms with Crippen LogP contribution in [-0.2, 0) is 4.74 Å². The molecule has 1 N–H and O–H groups in total. The predicted molar refractivity (Wildman–Crippen MR) is 70.8 cm³/mol. The fourth-order valence-corrected chi connectivity index (χ4v) is 3.33. The maximum absolute atomic E-state index is 10.3. The van der Waals surface area contributed by atoms with Gasteiger partial charge in [0.05, 0.1) is 16.5 Å². The van der Waals surface area contributed by atoms with Crippen molar-refractivity contribution in [2.75, 3.05) is 26.2 Å². The highest BCUT2D eigenvalue weighted by atomic mass is 35.5. The first kappa shape index (κ1) is 13.3. The van der Waals surface area contributed by atoms with Crippen LogP contribution in [0.3, 0.4) is 0 Å². The van der Waals surface area contributed by atoms with Gasteiger partial charge in [0.25, 0.3) is 0 Å². The minimum Gasteiger partial charge on any atom is -0.385 e. The molecule has 96 valence electrons. The van der Waals surface area contributed by atoms with E-state index in [-0.39, 0.29) is 6.10 Å². The van der Waals surface area contributed by atoms with Gasteiger partial charge >= 0.3 is 0 Å². The molecule has 1 aliphatic rings. The average molecular weight is 276 g/mol. The normalized spacial score (nSPS) is 23.8. The second-order valence-electron chi connectivity index (χ2n) is 4.29. The van der Waals surface area contributed by atoms with Crippen molar-refractivity contribution >= 4 is 22.9 Å². The van der Waals surface area contributed by atoms with Crippen LogP contribution in [-0.4, -0.2) is 42.4 Å². The average Bonchev–Trinajstić information content (AvgIpc) is 2.75. The van der Waals surface area contributed by atoms with Crippen LogP contribution in [0.15, 0.2) is 11.4 Å². The van der Waals surface area contributed by atoms with E-state index in [4.69, 9.17) is 16.3 Å². The molecule has 1 aromatic heterocycles. The van der Waals surface area contributed by atoms with Crippen molar-refractivity contribution in [3.63, 3.8) is 0 Å². The smallest absolute Gasteiger partial charge is 0.117 e. The first-order valence-electron chi connectivity index (χ1n) is 5.97. The summed E-state index contributed by atoms with van der Waals surface area (Å²) in [5, 5.41) is 12.8. The first-order valence-corrected chi connectivity index (χ1v) is 7.23. The molecule has 1 aliphatic heterocycles. The van der Waals surface area contributed by atoms with Crippen LogP contribution in [0.5, 0.6) is 0 Å². The zero-order valence-corrected chi connectivity index (χ0v) is 11.5. The van der Waals surface area contributed by atoms with Crippen molar-refractivity contribution < 1.29 is 9.84 Å². The summed E-state index contributed by atoms with van der Waals surface area (Å²) in [4.78, 5) is 3.15. The van der Waals surface area contributed by atoms with Gasteiger partial charge in [-0.3, -0.25) is 4.90 Å². The third kappa shape index (κ3) is 3.20. The summed E-state index contributed by atoms with van der Waals surface area (Å²) < 4.78 is 5.65. The molecule has 2 atom stereocenters. The summed E-state index contributed by atoms with van der Waals surface area (Å²) in [6.07, 6.45) is 0.358. The van der Waals surface area contributed by atoms with Gasteiger partial charge in [0, 0.05) is 13.1 Å². The quantitative estimate of drug-likeness (QED) is 0.917. The van der Waals surface area contributed by atoms with Gasteiger partial charge in [-0.15, -0.1) is 11.3 Å². The third-order valence-electron chi connectivity index (χ3n) is 2.98. The number of hydrogen-bond donors (Lipinski definition) is 1. The summed E-state index contributed by atoms with van der Waals surface area (Å²) in [6, 6.07) is 1.82. The third-order valence-corrected chi connectivity index (χ3v) is 4.41. The van der Waals surface area contributed by atoms with Crippen molar-refractivity contribution in [1.29, 1.82) is 0 Å². The number of hydrogen-bond acceptors (Lipinski definition) is 4. The van der Waals surface area contributed by atoms with Crippen LogP contribution in [0.4, 0.5) is 0 Å². The Labute approximate surface area is 111 Å². The van der Waals surface area contributed by atoms with Gasteiger partial charge < -0.3 is 9.84 Å². The Kier molecular flexibility index (Phi) is 4.82. The van der Waals surface area contributed by atoms with Crippen molar-refractivity contribution in [2.24, 2.45) is 0 Å². The number of rotatable bonds is 4. The standard InChI is InChI=1S/C12H18ClNO2S/c1-2-4-14-5-6-16-10(8-14)11(15)12-9(13)3-7-17-12/h3,7,10-11,15H,2,4-6,8H2,1H3. The predicted octanol–water partition coefficient (Wildman–Crippen LogP) is 2.55. The van der Waals surface area contributed by atoms with E-state index < -0.39 is 6.10 Å². The Morgan fingerprint density at radius 3 is 3.18 bits per heavy atom. The van der Waals surface area contributed by atoms with Gasteiger partial charge in [0.1, 0.15) is 12.2 Å². The zero-order valence-electron chi connectivity index (χ0n) is 9.93. The lowest BCUT2D eigenvalue weighted by atomic mass is 10.1. The van der Waals surface area contributed by atoms with Gasteiger partial charge in [0.15, 0.2) is 0 Å². The Bertz CT molecular complexity index is 356. The van der Waals surface area contributed by atoms with E-state index >= 15 is 0 Å². The molecule has 1 saturated heterocycles. The summed E-state index contributed by atoms with van der Waals surface area (Å²) in [5.41, 5.74) is 0. The molecule has 5 heteroatoms. The molecule has 2 heterocycles. The number of aliphatic hydroxyl groups excluding tert-OH is 1. The van der Waals surface area contributed by atoms with Crippen LogP contribution in [0, 0.1) is 0 Å². The molecule has 3 nitrogen and oxygen atoms in total. The van der Waals surface area contributed by atoms with Gasteiger partial charge in [-0.05, 0) is 24.4 Å². The molecule has 0 aliphatic carbocycles. The van der Waals surface area contributed by atoms with Crippen LogP contribution in [0.1, 0.15) is 24.3 Å². The highest BCUT2D eigenvalue weighted by Crippen LogP contribution is 2.32. The number of ether oxygens (including phenoxy) is 1. The molecular weight excluding hydrogens is 258 g/mol. The van der Waals surface area contributed by atoms with Gasteiger partial charge in [-0.2, -0.15) is 0 Å². The molecule has 1 aromatic rings. The Morgan fingerprint density at radius 1 is 1.71 bits per heavy atom. The zero-order chi connectivity index (χ0) is 12.3. The molecule has 0 aromatic carbocycles. The summed E-state index contributed by atoms with van der Waals surface area (Å²) >= 11 is 7.52. The fourth-order valence-electron chi connectivity index (χ4n) is 2.13. The second kappa shape index (κ2) is 6.16. The van der Waals surface area contributed by atoms with Crippen LogP contribution in [0.25, 0.3) is 0 Å². The molecule has 0 bridgehead atoms. The molecule has 1 fully saturated rings. The number of thiophene rings is 1. The topological polar surface area (TPSA) is 32.7 Å². The van der Waals surface area contributed by atoms with E-state index in [0.717, 1.165) is 30.9 Å². The summed E-state index contributed by atoms with van der Waals surface area (Å²) in [7, 11) is 0. The van der Waals surface area contributed by atoms with Gasteiger partial charge in [-0.25, -0.2) is 0 Å². The van der Waals surface area contributed by atoms with E-state index in [2.05, 4.69) is 11.8 Å². The number of halogens is 1. The monoisotopic (exact) mass is 275 g/mol. The van der Waals surface area contributed by atoms with Crippen LogP contribution in [0.2, 0.25) is 5.02 Å². The lowest BCUT2D eigenvalue weighted by Crippen LogP contribution is -2.45. The highest BCUT2D eigenvalue weighted by molar-refractivity contribution is 7.10. The molecule has 0 radical (unpaired) electrons. The molecule has 2 unspecified atom stereocenters. The minimum absolute atomic E-state index is 0.161. The first-order chi connectivity index (χ1) is 8.22. The van der Waals surface area contributed by atoms with Crippen molar-refractivity contribution in [2.45, 2.75) is 25.6 Å². The van der Waals surface area contributed by atoms with E-state index in [0.29, 0.717) is 11.6 Å². The molecule has 0 amide bonds. The van der Waals surface area contributed by atoms with E-state index in [1.807, 2.05) is 11.4 Å². The maximum Gasteiger partial charge on any atom is 0.117 e. The van der Waals surface area contributed by atoms with E-state index in [1.54, 1.807) is 0 Å². The van der Waals surface area contributed by atoms with E-state index in [1.165, 1.54) is 11.3 Å². The van der Waals surface area contributed by atoms with Gasteiger partial charge in [-0.1, -0.05) is 18.5 Å². The van der Waals surface area contributed by atoms with Gasteiger partial charge in [0.2, 0.25) is 0 Å². The number of aliphatic hydroxyl groups is 1. The van der Waals surface area contributed by atoms with Crippen molar-refractivity contribution in [3.8, 4) is 0 Å². The molecule has 2 rings (SSSR count). The van der Waals surface area contributed by atoms with Crippen molar-refractivity contribution in [1.82, 2.24) is 4.90 Å². The molecule has 0 saturated carbocycles. The molecular formula is C12H18ClNO2S. The Hall–Kier alpha value is -0.130. The molecule has 17 heavy (non-hydrogen) atoms. The van der Waals surface area contributed by atoms with Crippen LogP contribution >= 0.6 is 22.9 Å². The van der Waals surface area contributed by atoms with E-state index in [9.17, 15) is 5.11 Å². The maximum atomic E-state index is 10.3. The lowest BCUT2D eigenvalue weighted by molar-refractivity contribution is -0.0887. The Morgan fingerprint density at radius 2 is 2.53 bits per heavy atom. The second-order valence-corrected chi connectivity index (χ2v) is 5.64. The largest absolute Gasteiger partial charge is 0.385 e. The highest BCUT2D eigenvalue weighted by Gasteiger charge is 2.29. The summed E-state index contributed by atoms with van der Waals surface area (Å²) in [6.45, 7) is 5.64. The van der Waals surface area contributed by atoms with Crippen LogP contribution < -0.4 is 0 Å².